The molecule has 2 rings (SSSR count). The highest BCUT2D eigenvalue weighted by atomic mass is 16.1. The Hall–Kier alpha value is -1.94. The van der Waals surface area contributed by atoms with Gasteiger partial charge in [0.2, 0.25) is 0 Å². The lowest BCUT2D eigenvalue weighted by atomic mass is 10.00. The molecule has 0 spiro atoms. The van der Waals surface area contributed by atoms with Crippen molar-refractivity contribution in [1.29, 1.82) is 0 Å². The fraction of sp³-hybridized carbons (Fsp3) is 0.231. The van der Waals surface area contributed by atoms with E-state index in [1.165, 1.54) is 5.56 Å². The minimum atomic E-state index is -0.416. The number of rotatable bonds is 2. The second-order valence-electron chi connectivity index (χ2n) is 4.18. The molecule has 0 aliphatic heterocycles. The van der Waals surface area contributed by atoms with E-state index >= 15 is 0 Å². The predicted octanol–water partition coefficient (Wildman–Crippen LogP) is 1.43. The van der Waals surface area contributed by atoms with Crippen LogP contribution in [-0.4, -0.2) is 10.2 Å². The van der Waals surface area contributed by atoms with E-state index in [9.17, 15) is 4.79 Å². The Balaban J connectivity index is 2.43. The Morgan fingerprint density at radius 2 is 1.88 bits per heavy atom. The van der Waals surface area contributed by atoms with Crippen LogP contribution in [0.1, 0.15) is 28.4 Å². The van der Waals surface area contributed by atoms with Crippen molar-refractivity contribution in [2.24, 2.45) is 5.73 Å². The molecule has 1 aromatic carbocycles. The first-order valence-electron chi connectivity index (χ1n) is 5.46. The number of nitrogens with zero attached hydrogens (tertiary/aromatic N) is 1. The molecule has 3 N–H and O–H groups in total. The number of benzene rings is 1. The van der Waals surface area contributed by atoms with E-state index in [0.29, 0.717) is 5.56 Å². The van der Waals surface area contributed by atoms with Crippen molar-refractivity contribution in [1.82, 2.24) is 10.2 Å². The van der Waals surface area contributed by atoms with Crippen LogP contribution in [0.2, 0.25) is 0 Å². The Bertz CT molecular complexity index is 572. The maximum atomic E-state index is 11.7. The standard InChI is InChI=1S/C13H15N3O/c1-8-3-5-10(6-4-8)12(14)11-7-9(2)15-16-13(11)17/h3-7,12H,14H2,1-2H3,(H,16,17). The summed E-state index contributed by atoms with van der Waals surface area (Å²) in [7, 11) is 0. The summed E-state index contributed by atoms with van der Waals surface area (Å²) in [6, 6.07) is 9.16. The number of nitrogens with two attached hydrogens (primary N) is 1. The van der Waals surface area contributed by atoms with E-state index in [4.69, 9.17) is 5.73 Å². The van der Waals surface area contributed by atoms with E-state index in [0.717, 1.165) is 11.3 Å². The zero-order valence-electron chi connectivity index (χ0n) is 9.90. The van der Waals surface area contributed by atoms with Crippen LogP contribution in [0, 0.1) is 13.8 Å². The molecule has 4 nitrogen and oxygen atoms in total. The minimum absolute atomic E-state index is 0.233. The van der Waals surface area contributed by atoms with Crippen LogP contribution in [0.15, 0.2) is 35.1 Å². The average molecular weight is 229 g/mol. The van der Waals surface area contributed by atoms with Crippen molar-refractivity contribution in [2.45, 2.75) is 19.9 Å². The molecule has 0 bridgehead atoms. The molecule has 17 heavy (non-hydrogen) atoms. The minimum Gasteiger partial charge on any atom is -0.320 e. The molecule has 0 fully saturated rings. The molecule has 88 valence electrons. The monoisotopic (exact) mass is 229 g/mol. The first-order chi connectivity index (χ1) is 8.08. The van der Waals surface area contributed by atoms with Crippen molar-refractivity contribution in [3.8, 4) is 0 Å². The van der Waals surface area contributed by atoms with Gasteiger partial charge in [-0.2, -0.15) is 5.10 Å². The summed E-state index contributed by atoms with van der Waals surface area (Å²) in [6.45, 7) is 3.83. The normalized spacial score (nSPS) is 12.4. The fourth-order valence-corrected chi connectivity index (χ4v) is 1.71. The summed E-state index contributed by atoms with van der Waals surface area (Å²) in [5.41, 5.74) is 9.24. The number of H-pyrrole nitrogens is 1. The molecule has 2 aromatic rings. The van der Waals surface area contributed by atoms with Crippen LogP contribution in [0.3, 0.4) is 0 Å². The molecule has 0 saturated heterocycles. The Kier molecular flexibility index (Phi) is 3.06. The molecule has 1 heterocycles. The molecule has 0 aliphatic rings. The first-order valence-corrected chi connectivity index (χ1v) is 5.46. The predicted molar refractivity (Wildman–Crippen MR) is 66.8 cm³/mol. The van der Waals surface area contributed by atoms with Gasteiger partial charge in [-0.05, 0) is 25.5 Å². The number of aromatic nitrogens is 2. The maximum Gasteiger partial charge on any atom is 0.269 e. The molecular formula is C13H15N3O. The zero-order valence-corrected chi connectivity index (χ0v) is 9.90. The van der Waals surface area contributed by atoms with Crippen molar-refractivity contribution < 1.29 is 0 Å². The van der Waals surface area contributed by atoms with Gasteiger partial charge < -0.3 is 5.73 Å². The van der Waals surface area contributed by atoms with Crippen LogP contribution >= 0.6 is 0 Å². The van der Waals surface area contributed by atoms with Gasteiger partial charge in [0.1, 0.15) is 0 Å². The molecule has 0 saturated carbocycles. The van der Waals surface area contributed by atoms with Gasteiger partial charge in [0.25, 0.3) is 5.56 Å². The molecule has 1 aromatic heterocycles. The summed E-state index contributed by atoms with van der Waals surface area (Å²) in [4.78, 5) is 11.7. The van der Waals surface area contributed by atoms with Gasteiger partial charge in [-0.1, -0.05) is 29.8 Å². The summed E-state index contributed by atoms with van der Waals surface area (Å²) < 4.78 is 0. The third-order valence-corrected chi connectivity index (χ3v) is 2.73. The Morgan fingerprint density at radius 3 is 2.53 bits per heavy atom. The van der Waals surface area contributed by atoms with E-state index in [1.807, 2.05) is 38.1 Å². The highest BCUT2D eigenvalue weighted by Gasteiger charge is 2.13. The van der Waals surface area contributed by atoms with Gasteiger partial charge in [0.15, 0.2) is 0 Å². The smallest absolute Gasteiger partial charge is 0.269 e. The lowest BCUT2D eigenvalue weighted by Crippen LogP contribution is -2.23. The van der Waals surface area contributed by atoms with Crippen LogP contribution in [0.4, 0.5) is 0 Å². The second-order valence-corrected chi connectivity index (χ2v) is 4.18. The van der Waals surface area contributed by atoms with E-state index < -0.39 is 6.04 Å². The van der Waals surface area contributed by atoms with Crippen LogP contribution in [0.5, 0.6) is 0 Å². The molecular weight excluding hydrogens is 214 g/mol. The quantitative estimate of drug-likeness (QED) is 0.818. The molecule has 1 unspecified atom stereocenters. The van der Waals surface area contributed by atoms with Crippen molar-refractivity contribution in [3.63, 3.8) is 0 Å². The molecule has 0 amide bonds. The van der Waals surface area contributed by atoms with E-state index in [1.54, 1.807) is 6.07 Å². The number of nitrogens with one attached hydrogen (secondary N) is 1. The third-order valence-electron chi connectivity index (χ3n) is 2.73. The molecule has 4 heteroatoms. The number of hydrogen-bond acceptors (Lipinski definition) is 3. The maximum absolute atomic E-state index is 11.7. The fourth-order valence-electron chi connectivity index (χ4n) is 1.71. The van der Waals surface area contributed by atoms with Gasteiger partial charge in [-0.15, -0.1) is 0 Å². The van der Waals surface area contributed by atoms with Crippen molar-refractivity contribution in [2.75, 3.05) is 0 Å². The second kappa shape index (κ2) is 4.51. The summed E-state index contributed by atoms with van der Waals surface area (Å²) >= 11 is 0. The summed E-state index contributed by atoms with van der Waals surface area (Å²) in [5, 5.41) is 6.28. The lowest BCUT2D eigenvalue weighted by Gasteiger charge is -2.11. The number of aromatic amines is 1. The SMILES string of the molecule is Cc1ccc(C(N)c2cc(C)n[nH]c2=O)cc1. The highest BCUT2D eigenvalue weighted by molar-refractivity contribution is 5.31. The van der Waals surface area contributed by atoms with Crippen LogP contribution in [-0.2, 0) is 0 Å². The largest absolute Gasteiger partial charge is 0.320 e. The van der Waals surface area contributed by atoms with Gasteiger partial charge in [0.05, 0.1) is 11.7 Å². The number of aryl methyl sites for hydroxylation is 2. The van der Waals surface area contributed by atoms with Crippen molar-refractivity contribution in [3.05, 3.63) is 63.1 Å². The molecule has 0 radical (unpaired) electrons. The number of hydrogen-bond donors (Lipinski definition) is 2. The summed E-state index contributed by atoms with van der Waals surface area (Å²) in [5.74, 6) is 0. The molecule has 1 atom stereocenters. The zero-order chi connectivity index (χ0) is 12.4. The Labute approximate surface area is 99.5 Å². The van der Waals surface area contributed by atoms with Gasteiger partial charge in [0, 0.05) is 5.56 Å². The van der Waals surface area contributed by atoms with Gasteiger partial charge in [-0.25, -0.2) is 5.10 Å². The third kappa shape index (κ3) is 2.42. The summed E-state index contributed by atoms with van der Waals surface area (Å²) in [6.07, 6.45) is 0. The lowest BCUT2D eigenvalue weighted by molar-refractivity contribution is 0.814. The van der Waals surface area contributed by atoms with Crippen molar-refractivity contribution >= 4 is 0 Å². The molecule has 0 aliphatic carbocycles. The Morgan fingerprint density at radius 1 is 1.24 bits per heavy atom. The van der Waals surface area contributed by atoms with Gasteiger partial charge in [-0.3, -0.25) is 4.79 Å². The average Bonchev–Trinajstić information content (AvgIpc) is 2.32. The topological polar surface area (TPSA) is 71.8 Å². The highest BCUT2D eigenvalue weighted by Crippen LogP contribution is 2.17. The first kappa shape index (κ1) is 11.5. The van der Waals surface area contributed by atoms with Crippen LogP contribution < -0.4 is 11.3 Å². The van der Waals surface area contributed by atoms with E-state index in [2.05, 4.69) is 10.2 Å². The van der Waals surface area contributed by atoms with Gasteiger partial charge >= 0.3 is 0 Å². The van der Waals surface area contributed by atoms with Crippen LogP contribution in [0.25, 0.3) is 0 Å². The van der Waals surface area contributed by atoms with E-state index in [-0.39, 0.29) is 5.56 Å².